The second-order valence-electron chi connectivity index (χ2n) is 5.12. The number of carboxylic acids is 1. The number of nitrogen functional groups attached to an aromatic ring is 1. The quantitative estimate of drug-likeness (QED) is 0.826. The minimum absolute atomic E-state index is 0.141. The van der Waals surface area contributed by atoms with Crippen molar-refractivity contribution in [1.82, 2.24) is 4.90 Å². The summed E-state index contributed by atoms with van der Waals surface area (Å²) in [5.41, 5.74) is 5.41. The van der Waals surface area contributed by atoms with Crippen LogP contribution in [0.3, 0.4) is 0 Å². The van der Waals surface area contributed by atoms with Crippen molar-refractivity contribution in [3.05, 3.63) is 23.5 Å². The molecule has 6 heteroatoms. The largest absolute Gasteiger partial charge is 0.490 e. The van der Waals surface area contributed by atoms with Crippen molar-refractivity contribution in [3.8, 4) is 5.75 Å². The Hall–Kier alpha value is -1.82. The minimum Gasteiger partial charge on any atom is -0.490 e. The highest BCUT2D eigenvalue weighted by atomic mass is 19.1. The minimum atomic E-state index is -1.34. The Morgan fingerprint density at radius 2 is 2.30 bits per heavy atom. The third-order valence-corrected chi connectivity index (χ3v) is 3.68. The van der Waals surface area contributed by atoms with Crippen LogP contribution in [-0.4, -0.2) is 42.2 Å². The first kappa shape index (κ1) is 14.6. The van der Waals surface area contributed by atoms with Crippen LogP contribution in [0.5, 0.6) is 5.75 Å². The van der Waals surface area contributed by atoms with Crippen molar-refractivity contribution < 1.29 is 19.0 Å². The molecule has 5 nitrogen and oxygen atoms in total. The molecule has 1 fully saturated rings. The topological polar surface area (TPSA) is 75.8 Å². The fraction of sp³-hybridized carbons (Fsp3) is 0.500. The number of anilines is 1. The summed E-state index contributed by atoms with van der Waals surface area (Å²) >= 11 is 0. The number of piperidine rings is 1. The van der Waals surface area contributed by atoms with Gasteiger partial charge in [-0.3, -0.25) is 0 Å². The highest BCUT2D eigenvalue weighted by Gasteiger charge is 2.20. The zero-order valence-electron chi connectivity index (χ0n) is 11.4. The van der Waals surface area contributed by atoms with E-state index in [1.165, 1.54) is 6.42 Å². The van der Waals surface area contributed by atoms with Crippen molar-refractivity contribution >= 4 is 11.7 Å². The number of likely N-dealkylation sites (tertiary alicyclic amines) is 1. The molecule has 0 bridgehead atoms. The predicted molar refractivity (Wildman–Crippen MR) is 73.5 cm³/mol. The van der Waals surface area contributed by atoms with Gasteiger partial charge in [-0.2, -0.15) is 0 Å². The molecule has 0 aliphatic carbocycles. The first-order chi connectivity index (χ1) is 9.49. The van der Waals surface area contributed by atoms with Crippen LogP contribution in [0.2, 0.25) is 0 Å². The van der Waals surface area contributed by atoms with Gasteiger partial charge in [0, 0.05) is 12.1 Å². The Bertz CT molecular complexity index is 507. The molecular weight excluding hydrogens is 263 g/mol. The van der Waals surface area contributed by atoms with Crippen LogP contribution in [0.15, 0.2) is 12.1 Å². The summed E-state index contributed by atoms with van der Waals surface area (Å²) in [6.07, 6.45) is 3.36. The average molecular weight is 282 g/mol. The number of ether oxygens (including phenoxy) is 1. The highest BCUT2D eigenvalue weighted by molar-refractivity contribution is 5.89. The average Bonchev–Trinajstić information content (AvgIpc) is 2.40. The number of aromatic carboxylic acids is 1. The lowest BCUT2D eigenvalue weighted by Crippen LogP contribution is -2.40. The van der Waals surface area contributed by atoms with Crippen LogP contribution in [-0.2, 0) is 0 Å². The number of benzene rings is 1. The van der Waals surface area contributed by atoms with Crippen molar-refractivity contribution in [2.24, 2.45) is 0 Å². The number of hydrogen-bond acceptors (Lipinski definition) is 4. The molecule has 0 amide bonds. The van der Waals surface area contributed by atoms with Gasteiger partial charge in [-0.25, -0.2) is 9.18 Å². The van der Waals surface area contributed by atoms with Gasteiger partial charge < -0.3 is 20.5 Å². The number of hydrogen-bond donors (Lipinski definition) is 2. The second kappa shape index (κ2) is 6.09. The van der Waals surface area contributed by atoms with Crippen LogP contribution < -0.4 is 10.5 Å². The standard InChI is InChI=1S/C14H19FN2O3/c1-17-5-3-2-4-9(17)8-20-13-7-11(15)10(14(18)19)6-12(13)16/h6-7,9H,2-5,8,16H2,1H3,(H,18,19). The lowest BCUT2D eigenvalue weighted by molar-refractivity contribution is 0.0692. The molecule has 2 rings (SSSR count). The number of likely N-dealkylation sites (N-methyl/N-ethyl adjacent to an activating group) is 1. The van der Waals surface area contributed by atoms with Gasteiger partial charge in [0.05, 0.1) is 11.3 Å². The van der Waals surface area contributed by atoms with Crippen LogP contribution in [0.25, 0.3) is 0 Å². The molecule has 0 aromatic heterocycles. The van der Waals surface area contributed by atoms with E-state index in [9.17, 15) is 9.18 Å². The van der Waals surface area contributed by atoms with Crippen LogP contribution >= 0.6 is 0 Å². The molecule has 1 aliphatic heterocycles. The molecule has 1 saturated heterocycles. The Kier molecular flexibility index (Phi) is 4.44. The molecule has 3 N–H and O–H groups in total. The molecule has 1 aromatic carbocycles. The monoisotopic (exact) mass is 282 g/mol. The van der Waals surface area contributed by atoms with Crippen LogP contribution in [0.1, 0.15) is 29.6 Å². The van der Waals surface area contributed by atoms with E-state index >= 15 is 0 Å². The summed E-state index contributed by atoms with van der Waals surface area (Å²) in [6.45, 7) is 1.45. The van der Waals surface area contributed by atoms with Gasteiger partial charge in [0.25, 0.3) is 0 Å². The van der Waals surface area contributed by atoms with E-state index in [4.69, 9.17) is 15.6 Å². The second-order valence-corrected chi connectivity index (χ2v) is 5.12. The SMILES string of the molecule is CN1CCCCC1COc1cc(F)c(C(=O)O)cc1N. The van der Waals surface area contributed by atoms with E-state index in [0.717, 1.165) is 31.5 Å². The number of nitrogens with zero attached hydrogens (tertiary/aromatic N) is 1. The van der Waals surface area contributed by atoms with Crippen molar-refractivity contribution in [1.29, 1.82) is 0 Å². The van der Waals surface area contributed by atoms with Crippen molar-refractivity contribution in [2.75, 3.05) is 25.9 Å². The maximum atomic E-state index is 13.6. The Labute approximate surface area is 117 Å². The molecular formula is C14H19FN2O3. The Morgan fingerprint density at radius 3 is 2.95 bits per heavy atom. The van der Waals surface area contributed by atoms with Crippen molar-refractivity contribution in [2.45, 2.75) is 25.3 Å². The molecule has 1 aliphatic rings. The van der Waals surface area contributed by atoms with Crippen molar-refractivity contribution in [3.63, 3.8) is 0 Å². The maximum absolute atomic E-state index is 13.6. The third kappa shape index (κ3) is 3.19. The zero-order valence-corrected chi connectivity index (χ0v) is 11.4. The summed E-state index contributed by atoms with van der Waals surface area (Å²) in [4.78, 5) is 13.0. The van der Waals surface area contributed by atoms with Gasteiger partial charge in [0.15, 0.2) is 0 Å². The fourth-order valence-electron chi connectivity index (χ4n) is 2.40. The molecule has 1 atom stereocenters. The first-order valence-corrected chi connectivity index (χ1v) is 6.64. The summed E-state index contributed by atoms with van der Waals surface area (Å²) in [6, 6.07) is 2.42. The first-order valence-electron chi connectivity index (χ1n) is 6.64. The maximum Gasteiger partial charge on any atom is 0.338 e. The smallest absolute Gasteiger partial charge is 0.338 e. The molecule has 0 spiro atoms. The Balaban J connectivity index is 2.06. The molecule has 1 unspecified atom stereocenters. The van der Waals surface area contributed by atoms with E-state index in [-0.39, 0.29) is 17.5 Å². The number of nitrogens with two attached hydrogens (primary N) is 1. The predicted octanol–water partition coefficient (Wildman–Crippen LogP) is 1.97. The molecule has 20 heavy (non-hydrogen) atoms. The number of rotatable bonds is 4. The number of halogens is 1. The molecule has 110 valence electrons. The summed E-state index contributed by atoms with van der Waals surface area (Å²) in [7, 11) is 2.03. The highest BCUT2D eigenvalue weighted by Crippen LogP contribution is 2.26. The normalized spacial score (nSPS) is 19.8. The molecule has 1 heterocycles. The van der Waals surface area contributed by atoms with E-state index in [1.807, 2.05) is 7.05 Å². The fourth-order valence-corrected chi connectivity index (χ4v) is 2.40. The zero-order chi connectivity index (χ0) is 14.7. The lowest BCUT2D eigenvalue weighted by Gasteiger charge is -2.32. The van der Waals surface area contributed by atoms with Gasteiger partial charge in [0.2, 0.25) is 0 Å². The summed E-state index contributed by atoms with van der Waals surface area (Å²) in [5.74, 6) is -1.97. The van der Waals surface area contributed by atoms with Gasteiger partial charge >= 0.3 is 5.97 Å². The van der Waals surface area contributed by atoms with E-state index in [1.54, 1.807) is 0 Å². The molecule has 0 radical (unpaired) electrons. The van der Waals surface area contributed by atoms with E-state index < -0.39 is 17.3 Å². The number of carboxylic acid groups (broad SMARTS) is 1. The third-order valence-electron chi connectivity index (χ3n) is 3.68. The molecule has 1 aromatic rings. The number of carbonyl (C=O) groups is 1. The van der Waals surface area contributed by atoms with Gasteiger partial charge in [-0.1, -0.05) is 6.42 Å². The van der Waals surface area contributed by atoms with Crippen LogP contribution in [0.4, 0.5) is 10.1 Å². The molecule has 0 saturated carbocycles. The van der Waals surface area contributed by atoms with E-state index in [2.05, 4.69) is 4.90 Å². The van der Waals surface area contributed by atoms with E-state index in [0.29, 0.717) is 6.61 Å². The van der Waals surface area contributed by atoms with Gasteiger partial charge in [-0.15, -0.1) is 0 Å². The van der Waals surface area contributed by atoms with Gasteiger partial charge in [0.1, 0.15) is 18.2 Å². The lowest BCUT2D eigenvalue weighted by atomic mass is 10.0. The summed E-state index contributed by atoms with van der Waals surface area (Å²) < 4.78 is 19.2. The summed E-state index contributed by atoms with van der Waals surface area (Å²) in [5, 5.41) is 8.81. The van der Waals surface area contributed by atoms with Gasteiger partial charge in [-0.05, 0) is 32.5 Å². The van der Waals surface area contributed by atoms with Crippen LogP contribution in [0, 0.1) is 5.82 Å². The Morgan fingerprint density at radius 1 is 1.55 bits per heavy atom.